The average Bonchev–Trinajstić information content (AvgIpc) is 2.52. The van der Waals surface area contributed by atoms with E-state index in [4.69, 9.17) is 11.6 Å². The molecule has 0 aromatic heterocycles. The monoisotopic (exact) mass is 464 g/mol. The third-order valence-corrected chi connectivity index (χ3v) is 5.41. The molecule has 7 heteroatoms. The maximum absolute atomic E-state index is 12.2. The summed E-state index contributed by atoms with van der Waals surface area (Å²) in [4.78, 5) is 17.0. The van der Waals surface area contributed by atoms with Gasteiger partial charge >= 0.3 is 6.03 Å². The predicted molar refractivity (Wildman–Crippen MR) is 109 cm³/mol. The van der Waals surface area contributed by atoms with E-state index >= 15 is 0 Å². The molecule has 2 amide bonds. The fourth-order valence-electron chi connectivity index (χ4n) is 2.89. The lowest BCUT2D eigenvalue weighted by Crippen LogP contribution is -2.54. The molecule has 1 aliphatic heterocycles. The van der Waals surface area contributed by atoms with E-state index in [1.807, 2.05) is 18.2 Å². The second-order valence-electron chi connectivity index (χ2n) is 6.61. The van der Waals surface area contributed by atoms with E-state index in [9.17, 15) is 4.79 Å². The van der Waals surface area contributed by atoms with Crippen molar-refractivity contribution < 1.29 is 4.79 Å². The number of rotatable bonds is 5. The van der Waals surface area contributed by atoms with Crippen molar-refractivity contribution in [3.05, 3.63) is 26.8 Å². The van der Waals surface area contributed by atoms with Crippen LogP contribution in [0.2, 0.25) is 5.02 Å². The Hall–Kier alpha value is -0.570. The van der Waals surface area contributed by atoms with Crippen LogP contribution in [0.3, 0.4) is 0 Å². The number of urea groups is 1. The van der Waals surface area contributed by atoms with Gasteiger partial charge in [-0.05, 0) is 53.8 Å². The Labute approximate surface area is 163 Å². The first-order chi connectivity index (χ1) is 11.4. The zero-order chi connectivity index (χ0) is 17.7. The zero-order valence-electron chi connectivity index (χ0n) is 14.5. The molecule has 1 saturated heterocycles. The van der Waals surface area contributed by atoms with Gasteiger partial charge in [0.15, 0.2) is 0 Å². The summed E-state index contributed by atoms with van der Waals surface area (Å²) in [5, 5.41) is 6.38. The van der Waals surface area contributed by atoms with Crippen molar-refractivity contribution in [2.75, 3.05) is 45.1 Å². The van der Waals surface area contributed by atoms with Crippen molar-refractivity contribution in [3.8, 4) is 0 Å². The Kier molecular flexibility index (Phi) is 7.59. The molecule has 1 atom stereocenters. The summed E-state index contributed by atoms with van der Waals surface area (Å²) < 4.78 is 1.04. The number of benzene rings is 1. The largest absolute Gasteiger partial charge is 0.336 e. The summed E-state index contributed by atoms with van der Waals surface area (Å²) in [6.07, 6.45) is 0. The first-order valence-corrected chi connectivity index (χ1v) is 9.75. The Balaban J connectivity index is 1.88. The molecule has 1 fully saturated rings. The lowest BCUT2D eigenvalue weighted by molar-refractivity contribution is 0.0890. The molecule has 2 N–H and O–H groups in total. The van der Waals surface area contributed by atoms with Gasteiger partial charge in [-0.15, -0.1) is 0 Å². The minimum absolute atomic E-state index is 0.210. The second kappa shape index (κ2) is 9.22. The highest BCUT2D eigenvalue weighted by atomic mass is 127. The number of halogens is 2. The molecule has 2 rings (SSSR count). The Morgan fingerprint density at radius 2 is 1.96 bits per heavy atom. The smallest absolute Gasteiger partial charge is 0.319 e. The summed E-state index contributed by atoms with van der Waals surface area (Å²) >= 11 is 8.35. The lowest BCUT2D eigenvalue weighted by atomic mass is 10.0. The van der Waals surface area contributed by atoms with Gasteiger partial charge in [-0.1, -0.05) is 25.4 Å². The van der Waals surface area contributed by atoms with Crippen molar-refractivity contribution in [1.29, 1.82) is 0 Å². The van der Waals surface area contributed by atoms with Gasteiger partial charge in [0.25, 0.3) is 0 Å². The fourth-order valence-corrected chi connectivity index (χ4v) is 3.80. The summed E-state index contributed by atoms with van der Waals surface area (Å²) in [5.74, 6) is 0.482. The number of hydrogen-bond acceptors (Lipinski definition) is 3. The maximum Gasteiger partial charge on any atom is 0.319 e. The average molecular weight is 465 g/mol. The Morgan fingerprint density at radius 3 is 2.54 bits per heavy atom. The number of nitrogens with one attached hydrogen (secondary N) is 2. The molecule has 5 nitrogen and oxygen atoms in total. The molecule has 0 radical (unpaired) electrons. The predicted octanol–water partition coefficient (Wildman–Crippen LogP) is 3.34. The number of hydrogen-bond donors (Lipinski definition) is 2. The molecule has 1 heterocycles. The molecule has 1 aliphatic rings. The van der Waals surface area contributed by atoms with Crippen LogP contribution in [0.15, 0.2) is 18.2 Å². The van der Waals surface area contributed by atoms with E-state index in [0.717, 1.165) is 29.7 Å². The van der Waals surface area contributed by atoms with Crippen LogP contribution < -0.4 is 10.6 Å². The van der Waals surface area contributed by atoms with Gasteiger partial charge in [-0.25, -0.2) is 4.79 Å². The van der Waals surface area contributed by atoms with E-state index in [-0.39, 0.29) is 6.03 Å². The van der Waals surface area contributed by atoms with E-state index in [0.29, 0.717) is 29.2 Å². The highest BCUT2D eigenvalue weighted by Gasteiger charge is 2.25. The number of carbonyl (C=O) groups is 1. The number of amides is 2. The van der Waals surface area contributed by atoms with Gasteiger partial charge < -0.3 is 15.5 Å². The van der Waals surface area contributed by atoms with Crippen molar-refractivity contribution in [2.45, 2.75) is 19.9 Å². The number of anilines is 1. The Morgan fingerprint density at radius 1 is 1.29 bits per heavy atom. The zero-order valence-corrected chi connectivity index (χ0v) is 17.4. The number of nitrogens with zero attached hydrogens (tertiary/aromatic N) is 2. The van der Waals surface area contributed by atoms with Crippen molar-refractivity contribution in [2.24, 2.45) is 5.92 Å². The maximum atomic E-state index is 12.2. The van der Waals surface area contributed by atoms with Crippen molar-refractivity contribution in [1.82, 2.24) is 15.1 Å². The van der Waals surface area contributed by atoms with Gasteiger partial charge in [0.2, 0.25) is 0 Å². The van der Waals surface area contributed by atoms with Gasteiger partial charge in [0, 0.05) is 42.3 Å². The SMILES string of the molecule is CC(C)C(CNC(=O)Nc1ccc(I)cc1Cl)N1CCN(C)CC1. The number of likely N-dealkylation sites (N-methyl/N-ethyl adjacent to an activating group) is 1. The highest BCUT2D eigenvalue weighted by Crippen LogP contribution is 2.23. The number of carbonyl (C=O) groups excluding carboxylic acids is 1. The number of piperazine rings is 1. The molecule has 0 spiro atoms. The van der Waals surface area contributed by atoms with Crippen LogP contribution in [0.5, 0.6) is 0 Å². The molecule has 1 aromatic carbocycles. The molecule has 1 unspecified atom stereocenters. The molecular weight excluding hydrogens is 439 g/mol. The summed E-state index contributed by atoms with van der Waals surface area (Å²) in [5.41, 5.74) is 0.635. The minimum atomic E-state index is -0.210. The molecule has 0 aliphatic carbocycles. The van der Waals surface area contributed by atoms with Crippen LogP contribution in [-0.2, 0) is 0 Å². The summed E-state index contributed by atoms with van der Waals surface area (Å²) in [7, 11) is 2.15. The summed E-state index contributed by atoms with van der Waals surface area (Å²) in [6, 6.07) is 5.71. The van der Waals surface area contributed by atoms with Crippen LogP contribution in [0, 0.1) is 9.49 Å². The van der Waals surface area contributed by atoms with Crippen LogP contribution in [0.25, 0.3) is 0 Å². The van der Waals surface area contributed by atoms with Gasteiger partial charge in [-0.3, -0.25) is 4.90 Å². The molecule has 24 heavy (non-hydrogen) atoms. The van der Waals surface area contributed by atoms with Crippen LogP contribution in [-0.4, -0.2) is 61.6 Å². The Bertz CT molecular complexity index is 562. The fraction of sp³-hybridized carbons (Fsp3) is 0.588. The van der Waals surface area contributed by atoms with E-state index in [1.54, 1.807) is 0 Å². The molecule has 0 saturated carbocycles. The minimum Gasteiger partial charge on any atom is -0.336 e. The third kappa shape index (κ3) is 5.75. The van der Waals surface area contributed by atoms with Crippen molar-refractivity contribution in [3.63, 3.8) is 0 Å². The van der Waals surface area contributed by atoms with E-state index in [2.05, 4.69) is 63.9 Å². The van der Waals surface area contributed by atoms with Gasteiger partial charge in [0.05, 0.1) is 10.7 Å². The lowest BCUT2D eigenvalue weighted by Gasteiger charge is -2.39. The first-order valence-electron chi connectivity index (χ1n) is 8.29. The van der Waals surface area contributed by atoms with Crippen LogP contribution >= 0.6 is 34.2 Å². The van der Waals surface area contributed by atoms with Gasteiger partial charge in [-0.2, -0.15) is 0 Å². The first kappa shape index (κ1) is 19.8. The topological polar surface area (TPSA) is 47.6 Å². The van der Waals surface area contributed by atoms with E-state index in [1.165, 1.54) is 0 Å². The van der Waals surface area contributed by atoms with Crippen LogP contribution in [0.1, 0.15) is 13.8 Å². The second-order valence-corrected chi connectivity index (χ2v) is 8.26. The molecule has 0 bridgehead atoms. The molecule has 1 aromatic rings. The summed E-state index contributed by atoms with van der Waals surface area (Å²) in [6.45, 7) is 9.30. The van der Waals surface area contributed by atoms with E-state index < -0.39 is 0 Å². The van der Waals surface area contributed by atoms with Gasteiger partial charge in [0.1, 0.15) is 0 Å². The normalized spacial score (nSPS) is 17.8. The third-order valence-electron chi connectivity index (χ3n) is 4.43. The van der Waals surface area contributed by atoms with Crippen LogP contribution in [0.4, 0.5) is 10.5 Å². The molecule has 134 valence electrons. The quantitative estimate of drug-likeness (QED) is 0.657. The highest BCUT2D eigenvalue weighted by molar-refractivity contribution is 14.1. The van der Waals surface area contributed by atoms with Crippen molar-refractivity contribution >= 4 is 45.9 Å². The standard InChI is InChI=1S/C17H26ClIN4O/c1-12(2)16(23-8-6-22(3)7-9-23)11-20-17(24)21-15-5-4-13(19)10-14(15)18/h4-5,10,12,16H,6-9,11H2,1-3H3,(H2,20,21,24). The molecular formula is C17H26ClIN4O.